The number of amides is 3. The molecule has 176 valence electrons. The summed E-state index contributed by atoms with van der Waals surface area (Å²) >= 11 is 0. The Kier molecular flexibility index (Phi) is 9.26. The second-order valence-corrected chi connectivity index (χ2v) is 9.87. The smallest absolute Gasteiger partial charge is 0.331 e. The van der Waals surface area contributed by atoms with Crippen molar-refractivity contribution < 1.29 is 24.3 Å². The predicted molar refractivity (Wildman–Crippen MR) is 119 cm³/mol. The topological polar surface area (TPSA) is 107 Å². The number of piperidine rings is 1. The molecule has 1 fully saturated rings. The van der Waals surface area contributed by atoms with Crippen LogP contribution in [0.1, 0.15) is 67.7 Å². The number of likely N-dealkylation sites (tertiary alicyclic amines) is 1. The predicted octanol–water partition coefficient (Wildman–Crippen LogP) is 2.43. The van der Waals surface area contributed by atoms with Crippen LogP contribution in [0.15, 0.2) is 11.6 Å². The van der Waals surface area contributed by atoms with Crippen molar-refractivity contribution >= 4 is 23.7 Å². The molecule has 0 aromatic rings. The second kappa shape index (κ2) is 10.8. The summed E-state index contributed by atoms with van der Waals surface area (Å²) in [5.41, 5.74) is -0.418. The van der Waals surface area contributed by atoms with Gasteiger partial charge in [0.1, 0.15) is 12.1 Å². The van der Waals surface area contributed by atoms with Crippen LogP contribution in [0.2, 0.25) is 0 Å². The van der Waals surface area contributed by atoms with Crippen molar-refractivity contribution in [1.82, 2.24) is 15.1 Å². The molecule has 0 aromatic carbocycles. The summed E-state index contributed by atoms with van der Waals surface area (Å²) in [5, 5.41) is 12.1. The monoisotopic (exact) mass is 437 g/mol. The molecule has 1 rings (SSSR count). The Labute approximate surface area is 186 Å². The first-order valence-corrected chi connectivity index (χ1v) is 10.9. The number of carbonyl (C=O) groups is 4. The van der Waals surface area contributed by atoms with Gasteiger partial charge in [-0.05, 0) is 37.5 Å². The van der Waals surface area contributed by atoms with Crippen LogP contribution in [-0.2, 0) is 19.2 Å². The third-order valence-electron chi connectivity index (χ3n) is 5.85. The summed E-state index contributed by atoms with van der Waals surface area (Å²) < 4.78 is 0. The Morgan fingerprint density at radius 3 is 2.16 bits per heavy atom. The minimum absolute atomic E-state index is 0.0221. The van der Waals surface area contributed by atoms with Crippen LogP contribution in [0.3, 0.4) is 0 Å². The number of nitrogens with one attached hydrogen (secondary N) is 1. The number of hydrogen-bond donors (Lipinski definition) is 2. The van der Waals surface area contributed by atoms with E-state index in [-0.39, 0.29) is 29.2 Å². The molecule has 0 bridgehead atoms. The largest absolute Gasteiger partial charge is 0.478 e. The van der Waals surface area contributed by atoms with Crippen LogP contribution < -0.4 is 5.32 Å². The molecule has 1 heterocycles. The second-order valence-electron chi connectivity index (χ2n) is 9.87. The van der Waals surface area contributed by atoms with E-state index in [4.69, 9.17) is 0 Å². The summed E-state index contributed by atoms with van der Waals surface area (Å²) in [6, 6.07) is -1.83. The van der Waals surface area contributed by atoms with Crippen LogP contribution >= 0.6 is 0 Å². The molecule has 0 saturated carbocycles. The third kappa shape index (κ3) is 7.08. The fourth-order valence-corrected chi connectivity index (χ4v) is 3.90. The lowest BCUT2D eigenvalue weighted by molar-refractivity contribution is -0.145. The lowest BCUT2D eigenvalue weighted by Crippen LogP contribution is -2.60. The molecular formula is C23H39N3O5. The Morgan fingerprint density at radius 2 is 1.71 bits per heavy atom. The first-order chi connectivity index (χ1) is 14.2. The maximum atomic E-state index is 13.5. The van der Waals surface area contributed by atoms with E-state index in [1.165, 1.54) is 18.7 Å². The molecule has 1 aliphatic heterocycles. The van der Waals surface area contributed by atoms with E-state index in [1.54, 1.807) is 18.0 Å². The molecule has 0 radical (unpaired) electrons. The van der Waals surface area contributed by atoms with E-state index in [1.807, 2.05) is 34.6 Å². The Bertz CT molecular complexity index is 723. The minimum atomic E-state index is -1.03. The highest BCUT2D eigenvalue weighted by atomic mass is 16.4. The van der Waals surface area contributed by atoms with Crippen molar-refractivity contribution in [3.63, 3.8) is 0 Å². The van der Waals surface area contributed by atoms with Gasteiger partial charge in [0.2, 0.25) is 17.7 Å². The van der Waals surface area contributed by atoms with Gasteiger partial charge in [0, 0.05) is 26.1 Å². The molecule has 0 spiro atoms. The van der Waals surface area contributed by atoms with Gasteiger partial charge < -0.3 is 20.2 Å². The number of aliphatic carboxylic acids is 1. The average Bonchev–Trinajstić information content (AvgIpc) is 2.67. The standard InChI is InChI=1S/C23H39N3O5/c1-14(2)18(13-15(3)22(30)31)25(8)21(29)19(23(5,6)7)24-20(28)17-11-9-10-12-26(17)16(4)27/h13-14,17-19H,9-12H2,1-8H3,(H,24,28)(H,30,31)/b15-13+/t17?,18-,19?/m1/s1. The van der Waals surface area contributed by atoms with E-state index < -0.39 is 29.5 Å². The number of carboxylic acid groups (broad SMARTS) is 1. The van der Waals surface area contributed by atoms with Crippen molar-refractivity contribution in [1.29, 1.82) is 0 Å². The fourth-order valence-electron chi connectivity index (χ4n) is 3.90. The number of hydrogen-bond acceptors (Lipinski definition) is 4. The van der Waals surface area contributed by atoms with E-state index in [0.29, 0.717) is 13.0 Å². The lowest BCUT2D eigenvalue weighted by atomic mass is 9.84. The van der Waals surface area contributed by atoms with Gasteiger partial charge in [0.25, 0.3) is 0 Å². The number of nitrogens with zero attached hydrogens (tertiary/aromatic N) is 2. The van der Waals surface area contributed by atoms with E-state index >= 15 is 0 Å². The number of rotatable bonds is 7. The van der Waals surface area contributed by atoms with Gasteiger partial charge in [0.15, 0.2) is 0 Å². The molecule has 0 aliphatic carbocycles. The number of carboxylic acids is 1. The summed E-state index contributed by atoms with van der Waals surface area (Å²) in [5.74, 6) is -1.82. The van der Waals surface area contributed by atoms with Crippen LogP contribution in [0.5, 0.6) is 0 Å². The molecule has 2 unspecified atom stereocenters. The normalized spacial score (nSPS) is 19.6. The zero-order valence-electron chi connectivity index (χ0n) is 20.2. The molecule has 2 N–H and O–H groups in total. The van der Waals surface area contributed by atoms with E-state index in [9.17, 15) is 24.3 Å². The Balaban J connectivity index is 3.16. The van der Waals surface area contributed by atoms with Crippen molar-refractivity contribution in [3.05, 3.63) is 11.6 Å². The highest BCUT2D eigenvalue weighted by Crippen LogP contribution is 2.25. The maximum Gasteiger partial charge on any atom is 0.331 e. The van der Waals surface area contributed by atoms with Crippen LogP contribution in [0.25, 0.3) is 0 Å². The summed E-state index contributed by atoms with van der Waals surface area (Å²) in [6.07, 6.45) is 3.86. The van der Waals surface area contributed by atoms with E-state index in [2.05, 4.69) is 5.32 Å². The molecule has 1 aliphatic rings. The van der Waals surface area contributed by atoms with Crippen LogP contribution in [0, 0.1) is 11.3 Å². The van der Waals surface area contributed by atoms with Gasteiger partial charge in [-0.15, -0.1) is 0 Å². The van der Waals surface area contributed by atoms with Gasteiger partial charge in [-0.2, -0.15) is 0 Å². The van der Waals surface area contributed by atoms with Crippen molar-refractivity contribution in [2.45, 2.75) is 85.9 Å². The van der Waals surface area contributed by atoms with Crippen LogP contribution in [0.4, 0.5) is 0 Å². The molecule has 31 heavy (non-hydrogen) atoms. The number of likely N-dealkylation sites (N-methyl/N-ethyl adjacent to an activating group) is 1. The molecule has 1 saturated heterocycles. The van der Waals surface area contributed by atoms with E-state index in [0.717, 1.165) is 12.8 Å². The molecule has 0 aromatic heterocycles. The quantitative estimate of drug-likeness (QED) is 0.595. The third-order valence-corrected chi connectivity index (χ3v) is 5.85. The lowest BCUT2D eigenvalue weighted by Gasteiger charge is -2.39. The molecule has 8 heteroatoms. The molecular weight excluding hydrogens is 398 g/mol. The molecule has 3 atom stereocenters. The zero-order chi connectivity index (χ0) is 24.1. The molecule has 3 amide bonds. The van der Waals surface area contributed by atoms with Gasteiger partial charge in [0.05, 0.1) is 6.04 Å². The highest BCUT2D eigenvalue weighted by Gasteiger charge is 2.39. The first-order valence-electron chi connectivity index (χ1n) is 10.9. The summed E-state index contributed by atoms with van der Waals surface area (Å²) in [4.78, 5) is 52.9. The zero-order valence-corrected chi connectivity index (χ0v) is 20.2. The van der Waals surface area contributed by atoms with Crippen molar-refractivity contribution in [2.75, 3.05) is 13.6 Å². The summed E-state index contributed by atoms with van der Waals surface area (Å²) in [6.45, 7) is 12.9. The van der Waals surface area contributed by atoms with Gasteiger partial charge in [-0.1, -0.05) is 40.7 Å². The fraction of sp³-hybridized carbons (Fsp3) is 0.739. The SMILES string of the molecule is CC(=O)N1CCCCC1C(=O)NC(C(=O)N(C)[C@H](/C=C(\C)C(=O)O)C(C)C)C(C)(C)C. The minimum Gasteiger partial charge on any atom is -0.478 e. The van der Waals surface area contributed by atoms with Gasteiger partial charge in [-0.25, -0.2) is 4.79 Å². The van der Waals surface area contributed by atoms with Crippen molar-refractivity contribution in [2.24, 2.45) is 11.3 Å². The number of carbonyl (C=O) groups excluding carboxylic acids is 3. The Morgan fingerprint density at radius 1 is 1.13 bits per heavy atom. The first kappa shape index (κ1) is 26.7. The van der Waals surface area contributed by atoms with Gasteiger partial charge >= 0.3 is 5.97 Å². The van der Waals surface area contributed by atoms with Crippen molar-refractivity contribution in [3.8, 4) is 0 Å². The summed E-state index contributed by atoms with van der Waals surface area (Å²) in [7, 11) is 1.63. The average molecular weight is 438 g/mol. The van der Waals surface area contributed by atoms with Gasteiger partial charge in [-0.3, -0.25) is 14.4 Å². The Hall–Kier alpha value is -2.38. The highest BCUT2D eigenvalue weighted by molar-refractivity contribution is 5.92. The maximum absolute atomic E-state index is 13.5. The van der Waals surface area contributed by atoms with Crippen LogP contribution in [-0.4, -0.2) is 70.3 Å². The molecule has 8 nitrogen and oxygen atoms in total.